The third-order valence-electron chi connectivity index (χ3n) is 5.56. The fraction of sp³-hybridized carbons (Fsp3) is 0.650. The van der Waals surface area contributed by atoms with Gasteiger partial charge in [0.1, 0.15) is 5.69 Å². The number of nitrogens with one attached hydrogen (secondary N) is 1. The van der Waals surface area contributed by atoms with E-state index in [1.807, 2.05) is 4.90 Å². The Morgan fingerprint density at radius 1 is 1.26 bits per heavy atom. The molecule has 0 bridgehead atoms. The Bertz CT molecular complexity index is 673. The van der Waals surface area contributed by atoms with Gasteiger partial charge in [0.15, 0.2) is 0 Å². The number of benzene rings is 1. The first-order valence-corrected chi connectivity index (χ1v) is 10.1. The molecule has 1 aromatic carbocycles. The zero-order chi connectivity index (χ0) is 19.2. The van der Waals surface area contributed by atoms with Gasteiger partial charge in [-0.05, 0) is 63.2 Å². The third kappa shape index (κ3) is 5.19. The summed E-state index contributed by atoms with van der Waals surface area (Å²) in [6.45, 7) is 7.81. The largest absolute Gasteiger partial charge is 0.366 e. The zero-order valence-electron chi connectivity index (χ0n) is 16.2. The first-order valence-electron chi connectivity index (χ1n) is 10.1. The highest BCUT2D eigenvalue weighted by Crippen LogP contribution is 2.31. The van der Waals surface area contributed by atoms with Crippen molar-refractivity contribution >= 4 is 17.3 Å². The van der Waals surface area contributed by atoms with E-state index in [9.17, 15) is 14.9 Å². The van der Waals surface area contributed by atoms with Gasteiger partial charge in [-0.2, -0.15) is 0 Å². The van der Waals surface area contributed by atoms with E-state index in [0.29, 0.717) is 17.8 Å². The van der Waals surface area contributed by atoms with Crippen molar-refractivity contribution in [3.05, 3.63) is 33.9 Å². The number of nitrogens with zero attached hydrogens (tertiary/aromatic N) is 3. The van der Waals surface area contributed by atoms with Crippen LogP contribution in [0.4, 0.5) is 11.4 Å². The molecule has 1 unspecified atom stereocenters. The molecule has 27 heavy (non-hydrogen) atoms. The second-order valence-corrected chi connectivity index (χ2v) is 7.81. The Kier molecular flexibility index (Phi) is 6.66. The van der Waals surface area contributed by atoms with Crippen LogP contribution in [0.2, 0.25) is 0 Å². The molecule has 0 saturated carbocycles. The SMILES string of the molecule is CC1CCCN(CCCNC(=O)c2ccc(N3CCCC3)c([N+](=O)[O-])c2)C1. The highest BCUT2D eigenvalue weighted by Gasteiger charge is 2.24. The molecule has 0 aromatic heterocycles. The minimum atomic E-state index is -0.387. The Balaban J connectivity index is 1.53. The summed E-state index contributed by atoms with van der Waals surface area (Å²) in [4.78, 5) is 27.9. The number of piperidine rings is 1. The van der Waals surface area contributed by atoms with Crippen LogP contribution in [-0.2, 0) is 0 Å². The number of amides is 1. The maximum absolute atomic E-state index is 12.4. The summed E-state index contributed by atoms with van der Waals surface area (Å²) in [5, 5.41) is 14.4. The van der Waals surface area contributed by atoms with Crippen LogP contribution in [-0.4, -0.2) is 55.0 Å². The molecule has 7 heteroatoms. The van der Waals surface area contributed by atoms with Gasteiger partial charge in [0.2, 0.25) is 0 Å². The minimum absolute atomic E-state index is 0.0202. The van der Waals surface area contributed by atoms with Crippen molar-refractivity contribution in [1.82, 2.24) is 10.2 Å². The second kappa shape index (κ2) is 9.17. The smallest absolute Gasteiger partial charge is 0.293 e. The minimum Gasteiger partial charge on any atom is -0.366 e. The maximum Gasteiger partial charge on any atom is 0.293 e. The van der Waals surface area contributed by atoms with E-state index in [-0.39, 0.29) is 16.5 Å². The van der Waals surface area contributed by atoms with E-state index in [0.717, 1.165) is 57.9 Å². The fourth-order valence-corrected chi connectivity index (χ4v) is 4.13. The molecule has 2 fully saturated rings. The molecule has 0 radical (unpaired) electrons. The summed E-state index contributed by atoms with van der Waals surface area (Å²) in [7, 11) is 0. The summed E-state index contributed by atoms with van der Waals surface area (Å²) in [5.74, 6) is 0.515. The van der Waals surface area contributed by atoms with Crippen molar-refractivity contribution in [2.45, 2.75) is 39.0 Å². The standard InChI is InChI=1S/C20H30N4O3/c1-16-6-4-10-22(15-16)11-5-9-21-20(25)17-7-8-18(19(14-17)24(26)27)23-12-2-3-13-23/h7-8,14,16H,2-6,9-13,15H2,1H3,(H,21,25). The van der Waals surface area contributed by atoms with Crippen molar-refractivity contribution in [1.29, 1.82) is 0 Å². The predicted octanol–water partition coefficient (Wildman–Crippen LogP) is 3.05. The van der Waals surface area contributed by atoms with Crippen LogP contribution in [0.1, 0.15) is 49.4 Å². The molecule has 148 valence electrons. The fourth-order valence-electron chi connectivity index (χ4n) is 4.13. The highest BCUT2D eigenvalue weighted by molar-refractivity contribution is 5.95. The number of hydrogen-bond donors (Lipinski definition) is 1. The molecule has 2 saturated heterocycles. The van der Waals surface area contributed by atoms with Crippen LogP contribution in [0.15, 0.2) is 18.2 Å². The number of hydrogen-bond acceptors (Lipinski definition) is 5. The lowest BCUT2D eigenvalue weighted by Gasteiger charge is -2.30. The van der Waals surface area contributed by atoms with E-state index in [2.05, 4.69) is 17.1 Å². The van der Waals surface area contributed by atoms with Crippen molar-refractivity contribution < 1.29 is 9.72 Å². The number of carbonyl (C=O) groups excluding carboxylic acids is 1. The number of likely N-dealkylation sites (tertiary alicyclic amines) is 1. The van der Waals surface area contributed by atoms with Crippen LogP contribution in [0.5, 0.6) is 0 Å². The van der Waals surface area contributed by atoms with E-state index >= 15 is 0 Å². The molecule has 1 N–H and O–H groups in total. The van der Waals surface area contributed by atoms with E-state index in [4.69, 9.17) is 0 Å². The first-order chi connectivity index (χ1) is 13.0. The van der Waals surface area contributed by atoms with Gasteiger partial charge in [0.05, 0.1) is 4.92 Å². The average molecular weight is 374 g/mol. The lowest BCUT2D eigenvalue weighted by Crippen LogP contribution is -2.36. The van der Waals surface area contributed by atoms with E-state index < -0.39 is 0 Å². The van der Waals surface area contributed by atoms with Gasteiger partial charge in [-0.15, -0.1) is 0 Å². The summed E-state index contributed by atoms with van der Waals surface area (Å²) in [6.07, 6.45) is 5.55. The first kappa shape index (κ1) is 19.6. The van der Waals surface area contributed by atoms with E-state index in [1.54, 1.807) is 12.1 Å². The van der Waals surface area contributed by atoms with Crippen molar-refractivity contribution in [3.63, 3.8) is 0 Å². The topological polar surface area (TPSA) is 78.7 Å². The molecule has 2 aliphatic heterocycles. The Labute approximate surface area is 160 Å². The van der Waals surface area contributed by atoms with Crippen LogP contribution in [0, 0.1) is 16.0 Å². The highest BCUT2D eigenvalue weighted by atomic mass is 16.6. The maximum atomic E-state index is 12.4. The third-order valence-corrected chi connectivity index (χ3v) is 5.56. The molecule has 2 aliphatic rings. The number of rotatable bonds is 7. The van der Waals surface area contributed by atoms with Gasteiger partial charge in [-0.3, -0.25) is 14.9 Å². The van der Waals surface area contributed by atoms with Gasteiger partial charge in [-0.1, -0.05) is 6.92 Å². The lowest BCUT2D eigenvalue weighted by molar-refractivity contribution is -0.384. The van der Waals surface area contributed by atoms with E-state index in [1.165, 1.54) is 18.9 Å². The van der Waals surface area contributed by atoms with Crippen molar-refractivity contribution in [3.8, 4) is 0 Å². The quantitative estimate of drug-likeness (QED) is 0.451. The van der Waals surface area contributed by atoms with Gasteiger partial charge < -0.3 is 15.1 Å². The molecule has 0 aliphatic carbocycles. The molecule has 1 atom stereocenters. The number of nitro benzene ring substituents is 1. The van der Waals surface area contributed by atoms with Crippen LogP contribution in [0.3, 0.4) is 0 Å². The van der Waals surface area contributed by atoms with Crippen LogP contribution >= 0.6 is 0 Å². The summed E-state index contributed by atoms with van der Waals surface area (Å²) in [6, 6.07) is 4.82. The Morgan fingerprint density at radius 3 is 2.74 bits per heavy atom. The van der Waals surface area contributed by atoms with Gasteiger partial charge in [0.25, 0.3) is 11.6 Å². The number of nitro groups is 1. The van der Waals surface area contributed by atoms with Gasteiger partial charge >= 0.3 is 0 Å². The zero-order valence-corrected chi connectivity index (χ0v) is 16.2. The normalized spacial score (nSPS) is 20.6. The number of anilines is 1. The lowest BCUT2D eigenvalue weighted by atomic mass is 10.0. The second-order valence-electron chi connectivity index (χ2n) is 7.81. The summed E-state index contributed by atoms with van der Waals surface area (Å²) >= 11 is 0. The van der Waals surface area contributed by atoms with Gasteiger partial charge in [-0.25, -0.2) is 0 Å². The van der Waals surface area contributed by atoms with Crippen molar-refractivity contribution in [2.24, 2.45) is 5.92 Å². The Hall–Kier alpha value is -2.15. The van der Waals surface area contributed by atoms with Gasteiger partial charge in [0, 0.05) is 37.8 Å². The van der Waals surface area contributed by atoms with Crippen LogP contribution < -0.4 is 10.2 Å². The molecular weight excluding hydrogens is 344 g/mol. The monoisotopic (exact) mass is 374 g/mol. The summed E-state index contributed by atoms with van der Waals surface area (Å²) in [5.41, 5.74) is 0.997. The molecule has 1 aromatic rings. The van der Waals surface area contributed by atoms with Crippen molar-refractivity contribution in [2.75, 3.05) is 44.2 Å². The molecule has 3 rings (SSSR count). The molecule has 2 heterocycles. The Morgan fingerprint density at radius 2 is 2.04 bits per heavy atom. The predicted molar refractivity (Wildman–Crippen MR) is 106 cm³/mol. The average Bonchev–Trinajstić information content (AvgIpc) is 3.19. The molecular formula is C20H30N4O3. The number of carbonyl (C=O) groups is 1. The van der Waals surface area contributed by atoms with Crippen LogP contribution in [0.25, 0.3) is 0 Å². The molecule has 1 amide bonds. The molecule has 0 spiro atoms. The molecule has 7 nitrogen and oxygen atoms in total. The summed E-state index contributed by atoms with van der Waals surface area (Å²) < 4.78 is 0.